The Balaban J connectivity index is 2.05. The maximum absolute atomic E-state index is 12.4. The summed E-state index contributed by atoms with van der Waals surface area (Å²) >= 11 is 0. The van der Waals surface area contributed by atoms with E-state index in [1.54, 1.807) is 25.3 Å². The minimum absolute atomic E-state index is 0.0459. The van der Waals surface area contributed by atoms with Gasteiger partial charge in [-0.1, -0.05) is 0 Å². The molecule has 1 saturated heterocycles. The van der Waals surface area contributed by atoms with E-state index in [-0.39, 0.29) is 24.8 Å². The molecule has 9 nitrogen and oxygen atoms in total. The second-order valence-electron chi connectivity index (χ2n) is 5.82. The van der Waals surface area contributed by atoms with Crippen LogP contribution in [0.1, 0.15) is 6.42 Å². The highest BCUT2D eigenvalue weighted by atomic mass is 16.5. The van der Waals surface area contributed by atoms with E-state index in [0.717, 1.165) is 0 Å². The van der Waals surface area contributed by atoms with Crippen molar-refractivity contribution >= 4 is 23.5 Å². The van der Waals surface area contributed by atoms with Crippen LogP contribution in [0.5, 0.6) is 11.5 Å². The van der Waals surface area contributed by atoms with Crippen molar-refractivity contribution in [3.8, 4) is 11.5 Å². The molecule has 9 heteroatoms. The first-order valence-corrected chi connectivity index (χ1v) is 8.19. The molecule has 0 aliphatic carbocycles. The van der Waals surface area contributed by atoms with E-state index in [1.807, 2.05) is 0 Å². The number of amides is 2. The van der Waals surface area contributed by atoms with Crippen molar-refractivity contribution < 1.29 is 33.5 Å². The first-order chi connectivity index (χ1) is 12.5. The lowest BCUT2D eigenvalue weighted by atomic mass is 10.1. The Morgan fingerprint density at radius 1 is 1.27 bits per heavy atom. The summed E-state index contributed by atoms with van der Waals surface area (Å²) in [6.45, 7) is 1.04. The van der Waals surface area contributed by atoms with E-state index >= 15 is 0 Å². The lowest BCUT2D eigenvalue weighted by Gasteiger charge is -2.30. The largest absolute Gasteiger partial charge is 0.497 e. The van der Waals surface area contributed by atoms with Crippen molar-refractivity contribution in [2.24, 2.45) is 0 Å². The standard InChI is InChI=1S/C17H23N3O6/c1-24-11-4-5-12(14(8-11)25-2)19-15(21)10-20-7-6-18-17(23)13(20)9-16(22)26-3/h4-5,8,13H,6-7,9-10H2,1-3H3,(H,18,23)(H,19,21)/p+1/t13-/m0/s1. The van der Waals surface area contributed by atoms with Gasteiger partial charge >= 0.3 is 5.97 Å². The highest BCUT2D eigenvalue weighted by Crippen LogP contribution is 2.28. The van der Waals surface area contributed by atoms with E-state index in [1.165, 1.54) is 14.2 Å². The third-order valence-electron chi connectivity index (χ3n) is 4.22. The number of hydrogen-bond acceptors (Lipinski definition) is 6. The van der Waals surface area contributed by atoms with Crippen molar-refractivity contribution in [2.75, 3.05) is 46.3 Å². The molecular formula is C17H24N3O6+. The van der Waals surface area contributed by atoms with Crippen molar-refractivity contribution in [1.29, 1.82) is 0 Å². The lowest BCUT2D eigenvalue weighted by molar-refractivity contribution is -0.909. The van der Waals surface area contributed by atoms with E-state index in [0.29, 0.717) is 35.2 Å². The van der Waals surface area contributed by atoms with Crippen molar-refractivity contribution in [2.45, 2.75) is 12.5 Å². The topological polar surface area (TPSA) is 107 Å². The van der Waals surface area contributed by atoms with Gasteiger partial charge in [0.15, 0.2) is 12.6 Å². The van der Waals surface area contributed by atoms with Gasteiger partial charge in [-0.15, -0.1) is 0 Å². The second kappa shape index (κ2) is 9.04. The van der Waals surface area contributed by atoms with Crippen LogP contribution in [0.25, 0.3) is 0 Å². The van der Waals surface area contributed by atoms with E-state index in [4.69, 9.17) is 9.47 Å². The van der Waals surface area contributed by atoms with Gasteiger partial charge in [-0.2, -0.15) is 0 Å². The molecule has 0 aromatic heterocycles. The summed E-state index contributed by atoms with van der Waals surface area (Å²) in [6.07, 6.45) is -0.0726. The van der Waals surface area contributed by atoms with Crippen LogP contribution in [0.3, 0.4) is 0 Å². The molecule has 0 spiro atoms. The maximum atomic E-state index is 12.4. The van der Waals surface area contributed by atoms with Gasteiger partial charge in [0.05, 0.1) is 40.1 Å². The SMILES string of the molecule is COC(=O)C[C@H]1C(=O)NCC[NH+]1CC(=O)Nc1ccc(OC)cc1OC. The molecule has 2 atom stereocenters. The van der Waals surface area contributed by atoms with E-state index in [2.05, 4.69) is 15.4 Å². The van der Waals surface area contributed by atoms with Crippen LogP contribution in [0.4, 0.5) is 5.69 Å². The fraction of sp³-hybridized carbons (Fsp3) is 0.471. The number of ether oxygens (including phenoxy) is 3. The number of methoxy groups -OCH3 is 3. The van der Waals surface area contributed by atoms with E-state index in [9.17, 15) is 14.4 Å². The van der Waals surface area contributed by atoms with Crippen LogP contribution in [0.15, 0.2) is 18.2 Å². The number of carbonyl (C=O) groups is 3. The highest BCUT2D eigenvalue weighted by Gasteiger charge is 2.36. The highest BCUT2D eigenvalue weighted by molar-refractivity contribution is 5.93. The minimum atomic E-state index is -0.653. The molecule has 1 heterocycles. The number of esters is 1. The number of rotatable bonds is 7. The van der Waals surface area contributed by atoms with Gasteiger partial charge in [0.2, 0.25) is 0 Å². The van der Waals surface area contributed by atoms with E-state index < -0.39 is 12.0 Å². The lowest BCUT2D eigenvalue weighted by Crippen LogP contribution is -3.20. The maximum Gasteiger partial charge on any atom is 0.312 e. The first kappa shape index (κ1) is 19.5. The Kier molecular flexibility index (Phi) is 6.79. The molecule has 26 heavy (non-hydrogen) atoms. The molecule has 2 rings (SSSR count). The van der Waals surface area contributed by atoms with Gasteiger partial charge in [0.1, 0.15) is 17.9 Å². The fourth-order valence-corrected chi connectivity index (χ4v) is 2.83. The molecule has 1 aromatic carbocycles. The first-order valence-electron chi connectivity index (χ1n) is 8.19. The quantitative estimate of drug-likeness (QED) is 0.512. The Morgan fingerprint density at radius 2 is 2.04 bits per heavy atom. The summed E-state index contributed by atoms with van der Waals surface area (Å²) in [5, 5.41) is 5.49. The van der Waals surface area contributed by atoms with Crippen LogP contribution in [-0.4, -0.2) is 64.8 Å². The van der Waals surface area contributed by atoms with Crippen molar-refractivity contribution in [3.63, 3.8) is 0 Å². The van der Waals surface area contributed by atoms with Crippen LogP contribution >= 0.6 is 0 Å². The van der Waals surface area contributed by atoms with Crippen molar-refractivity contribution in [3.05, 3.63) is 18.2 Å². The van der Waals surface area contributed by atoms with Crippen LogP contribution in [-0.2, 0) is 19.1 Å². The fourth-order valence-electron chi connectivity index (χ4n) is 2.83. The molecular weight excluding hydrogens is 342 g/mol. The van der Waals surface area contributed by atoms with Crippen LogP contribution in [0.2, 0.25) is 0 Å². The van der Waals surface area contributed by atoms with Crippen LogP contribution in [0, 0.1) is 0 Å². The van der Waals surface area contributed by atoms with Gasteiger partial charge in [-0.25, -0.2) is 0 Å². The molecule has 0 radical (unpaired) electrons. The molecule has 1 fully saturated rings. The Labute approximate surface area is 151 Å². The van der Waals surface area contributed by atoms with Gasteiger partial charge in [-0.05, 0) is 12.1 Å². The average Bonchev–Trinajstić information content (AvgIpc) is 2.64. The molecule has 0 bridgehead atoms. The number of anilines is 1. The number of hydrogen-bond donors (Lipinski definition) is 3. The number of quaternary nitrogens is 1. The number of piperazine rings is 1. The molecule has 1 aromatic rings. The molecule has 1 aliphatic rings. The average molecular weight is 366 g/mol. The molecule has 3 N–H and O–H groups in total. The summed E-state index contributed by atoms with van der Waals surface area (Å²) in [6, 6.07) is 4.40. The third-order valence-corrected chi connectivity index (χ3v) is 4.22. The second-order valence-corrected chi connectivity index (χ2v) is 5.82. The predicted octanol–water partition coefficient (Wildman–Crippen LogP) is -1.41. The summed E-state index contributed by atoms with van der Waals surface area (Å²) < 4.78 is 15.0. The zero-order valence-electron chi connectivity index (χ0n) is 15.1. The molecule has 1 unspecified atom stereocenters. The summed E-state index contributed by atoms with van der Waals surface area (Å²) in [4.78, 5) is 36.8. The van der Waals surface area contributed by atoms with Crippen LogP contribution < -0.4 is 25.0 Å². The smallest absolute Gasteiger partial charge is 0.312 e. The number of nitrogens with one attached hydrogen (secondary N) is 3. The minimum Gasteiger partial charge on any atom is -0.497 e. The van der Waals surface area contributed by atoms with Gasteiger partial charge in [-0.3, -0.25) is 14.4 Å². The Bertz CT molecular complexity index is 678. The summed E-state index contributed by atoms with van der Waals surface area (Å²) in [5.41, 5.74) is 0.503. The molecule has 0 saturated carbocycles. The summed E-state index contributed by atoms with van der Waals surface area (Å²) in [5.74, 6) is 0.0489. The Morgan fingerprint density at radius 3 is 2.69 bits per heavy atom. The van der Waals surface area contributed by atoms with Crippen molar-refractivity contribution in [1.82, 2.24) is 5.32 Å². The molecule has 142 valence electrons. The summed E-state index contributed by atoms with van der Waals surface area (Å²) in [7, 11) is 4.31. The molecule has 2 amide bonds. The molecule has 1 aliphatic heterocycles. The zero-order chi connectivity index (χ0) is 19.1. The zero-order valence-corrected chi connectivity index (χ0v) is 15.1. The number of carbonyl (C=O) groups excluding carboxylic acids is 3. The van der Waals surface area contributed by atoms with Gasteiger partial charge < -0.3 is 29.7 Å². The monoisotopic (exact) mass is 366 g/mol. The predicted molar refractivity (Wildman–Crippen MR) is 92.3 cm³/mol. The van der Waals surface area contributed by atoms with Gasteiger partial charge in [0, 0.05) is 6.07 Å². The van der Waals surface area contributed by atoms with Gasteiger partial charge in [0.25, 0.3) is 11.8 Å². The Hall–Kier alpha value is -2.81. The normalized spacial score (nSPS) is 19.3. The number of benzene rings is 1. The third kappa shape index (κ3) is 4.85.